The number of ether oxygens (including phenoxy) is 3. The van der Waals surface area contributed by atoms with Crippen molar-refractivity contribution in [2.24, 2.45) is 22.7 Å². The molecule has 192 valence electrons. The smallest absolute Gasteiger partial charge is 0.334 e. The Kier molecular flexibility index (Phi) is 7.58. The average Bonchev–Trinajstić information content (AvgIpc) is 3.21. The number of rotatable bonds is 7. The fourth-order valence-corrected chi connectivity index (χ4v) is 7.17. The summed E-state index contributed by atoms with van der Waals surface area (Å²) in [6.07, 6.45) is 2.15. The van der Waals surface area contributed by atoms with Crippen LogP contribution in [-0.4, -0.2) is 76.9 Å². The van der Waals surface area contributed by atoms with Crippen LogP contribution in [0, 0.1) is 22.7 Å². The van der Waals surface area contributed by atoms with Crippen LogP contribution in [-0.2, 0) is 19.0 Å². The monoisotopic (exact) mass is 480 g/mol. The van der Waals surface area contributed by atoms with Gasteiger partial charge in [-0.1, -0.05) is 32.4 Å². The first-order valence-corrected chi connectivity index (χ1v) is 12.6. The Hall–Kier alpha value is -1.29. The van der Waals surface area contributed by atoms with Gasteiger partial charge in [-0.3, -0.25) is 0 Å². The number of hydrogen-bond donors (Lipinski definition) is 4. The third-order valence-corrected chi connectivity index (χ3v) is 9.08. The van der Waals surface area contributed by atoms with Gasteiger partial charge >= 0.3 is 5.97 Å². The molecular weight excluding hydrogens is 440 g/mol. The minimum atomic E-state index is -1.45. The summed E-state index contributed by atoms with van der Waals surface area (Å²) >= 11 is 0. The molecule has 2 aliphatic carbocycles. The van der Waals surface area contributed by atoms with Gasteiger partial charge < -0.3 is 34.6 Å². The van der Waals surface area contributed by atoms with Gasteiger partial charge in [0.05, 0.1) is 13.2 Å². The molecule has 2 aliphatic heterocycles. The molecule has 0 aromatic rings. The van der Waals surface area contributed by atoms with Crippen molar-refractivity contribution in [2.45, 2.75) is 89.5 Å². The number of carbonyl (C=O) groups is 1. The zero-order valence-electron chi connectivity index (χ0n) is 20.3. The topological polar surface area (TPSA) is 126 Å². The third-order valence-electron chi connectivity index (χ3n) is 9.08. The Bertz CT molecular complexity index is 809. The SMILES string of the molecule is C=C1CC[C@@H]2[C@](C)(CO[C@@H]3O[C@H](CO)[C@H](O)[C@H](O)[C@H]3O)CCC[C@@]2(C)[C@@H]1CCC1=CCOC1=O. The van der Waals surface area contributed by atoms with Crippen molar-refractivity contribution in [3.63, 3.8) is 0 Å². The van der Waals surface area contributed by atoms with Crippen molar-refractivity contribution in [1.29, 1.82) is 0 Å². The number of hydrogen-bond acceptors (Lipinski definition) is 8. The van der Waals surface area contributed by atoms with E-state index in [2.05, 4.69) is 20.4 Å². The lowest BCUT2D eigenvalue weighted by atomic mass is 9.47. The van der Waals surface area contributed by atoms with Gasteiger partial charge in [0.2, 0.25) is 0 Å². The average molecular weight is 481 g/mol. The second-order valence-electron chi connectivity index (χ2n) is 11.2. The maximum Gasteiger partial charge on any atom is 0.334 e. The van der Waals surface area contributed by atoms with E-state index in [9.17, 15) is 25.2 Å². The second-order valence-corrected chi connectivity index (χ2v) is 11.2. The first kappa shape index (κ1) is 25.8. The molecule has 1 saturated heterocycles. The molecular formula is C26H40O8. The summed E-state index contributed by atoms with van der Waals surface area (Å²) < 4.78 is 16.7. The summed E-state index contributed by atoms with van der Waals surface area (Å²) in [7, 11) is 0. The van der Waals surface area contributed by atoms with Crippen LogP contribution in [0.3, 0.4) is 0 Å². The van der Waals surface area contributed by atoms with E-state index in [0.717, 1.165) is 44.1 Å². The maximum absolute atomic E-state index is 11.9. The van der Waals surface area contributed by atoms with Gasteiger partial charge in [-0.25, -0.2) is 4.79 Å². The van der Waals surface area contributed by atoms with Gasteiger partial charge in [-0.2, -0.15) is 0 Å². The van der Waals surface area contributed by atoms with Crippen LogP contribution in [0.1, 0.15) is 58.8 Å². The number of esters is 1. The number of fused-ring (bicyclic) bond motifs is 1. The summed E-state index contributed by atoms with van der Waals surface area (Å²) in [5, 5.41) is 40.0. The highest BCUT2D eigenvalue weighted by Gasteiger charge is 2.55. The molecule has 0 aromatic carbocycles. The fraction of sp³-hybridized carbons (Fsp3) is 0.808. The molecule has 8 nitrogen and oxygen atoms in total. The van der Waals surface area contributed by atoms with Crippen molar-refractivity contribution in [2.75, 3.05) is 19.8 Å². The summed E-state index contributed by atoms with van der Waals surface area (Å²) in [5.41, 5.74) is 1.87. The van der Waals surface area contributed by atoms with E-state index in [4.69, 9.17) is 14.2 Å². The Labute approximate surface area is 201 Å². The van der Waals surface area contributed by atoms with Crippen molar-refractivity contribution >= 4 is 5.97 Å². The van der Waals surface area contributed by atoms with Crippen molar-refractivity contribution < 1.29 is 39.4 Å². The van der Waals surface area contributed by atoms with Crippen LogP contribution in [0.2, 0.25) is 0 Å². The first-order valence-electron chi connectivity index (χ1n) is 12.6. The van der Waals surface area contributed by atoms with Crippen molar-refractivity contribution in [3.8, 4) is 0 Å². The van der Waals surface area contributed by atoms with Gasteiger partial charge in [-0.05, 0) is 67.3 Å². The highest BCUT2D eigenvalue weighted by atomic mass is 16.7. The summed E-state index contributed by atoms with van der Waals surface area (Å²) in [6.45, 7) is 9.21. The molecule has 9 atom stereocenters. The van der Waals surface area contributed by atoms with E-state index in [0.29, 0.717) is 31.5 Å². The van der Waals surface area contributed by atoms with Gasteiger partial charge in [0.15, 0.2) is 6.29 Å². The van der Waals surface area contributed by atoms with Crippen LogP contribution in [0.25, 0.3) is 0 Å². The molecule has 3 fully saturated rings. The fourth-order valence-electron chi connectivity index (χ4n) is 7.17. The second kappa shape index (κ2) is 9.99. The van der Waals surface area contributed by atoms with Crippen LogP contribution in [0.15, 0.2) is 23.8 Å². The molecule has 0 unspecified atom stereocenters. The number of allylic oxidation sites excluding steroid dienone is 1. The lowest BCUT2D eigenvalue weighted by Gasteiger charge is -2.59. The van der Waals surface area contributed by atoms with Crippen LogP contribution in [0.4, 0.5) is 0 Å². The Balaban J connectivity index is 1.46. The van der Waals surface area contributed by atoms with Gasteiger partial charge in [0, 0.05) is 5.57 Å². The minimum absolute atomic E-state index is 0.0180. The van der Waals surface area contributed by atoms with Crippen LogP contribution < -0.4 is 0 Å². The van der Waals surface area contributed by atoms with Gasteiger partial charge in [-0.15, -0.1) is 0 Å². The van der Waals surface area contributed by atoms with Crippen LogP contribution >= 0.6 is 0 Å². The molecule has 0 bridgehead atoms. The lowest BCUT2D eigenvalue weighted by molar-refractivity contribution is -0.309. The van der Waals surface area contributed by atoms with Crippen LogP contribution in [0.5, 0.6) is 0 Å². The predicted molar refractivity (Wildman–Crippen MR) is 123 cm³/mol. The summed E-state index contributed by atoms with van der Waals surface area (Å²) in [4.78, 5) is 11.9. The molecule has 4 rings (SSSR count). The Morgan fingerprint density at radius 1 is 1.18 bits per heavy atom. The summed E-state index contributed by atoms with van der Waals surface area (Å²) in [6, 6.07) is 0. The molecule has 34 heavy (non-hydrogen) atoms. The number of aliphatic hydroxyl groups is 4. The van der Waals surface area contributed by atoms with E-state index in [-0.39, 0.29) is 16.8 Å². The number of carbonyl (C=O) groups excluding carboxylic acids is 1. The number of cyclic esters (lactones) is 1. The zero-order chi connectivity index (χ0) is 24.7. The molecule has 0 amide bonds. The summed E-state index contributed by atoms with van der Waals surface area (Å²) in [5.74, 6) is 0.454. The highest BCUT2D eigenvalue weighted by Crippen LogP contribution is 2.62. The molecule has 8 heteroatoms. The van der Waals surface area contributed by atoms with E-state index >= 15 is 0 Å². The molecule has 4 N–H and O–H groups in total. The van der Waals surface area contributed by atoms with Crippen molar-refractivity contribution in [3.05, 3.63) is 23.8 Å². The van der Waals surface area contributed by atoms with E-state index in [1.165, 1.54) is 5.57 Å². The van der Waals surface area contributed by atoms with Crippen molar-refractivity contribution in [1.82, 2.24) is 0 Å². The lowest BCUT2D eigenvalue weighted by Crippen LogP contribution is -2.60. The number of aliphatic hydroxyl groups excluding tert-OH is 4. The van der Waals surface area contributed by atoms with E-state index in [1.54, 1.807) is 0 Å². The Morgan fingerprint density at radius 2 is 1.94 bits per heavy atom. The third kappa shape index (κ3) is 4.61. The molecule has 4 aliphatic rings. The molecule has 0 radical (unpaired) electrons. The molecule has 2 heterocycles. The first-order chi connectivity index (χ1) is 16.1. The molecule has 0 aromatic heterocycles. The molecule has 2 saturated carbocycles. The quantitative estimate of drug-likeness (QED) is 0.321. The Morgan fingerprint density at radius 3 is 2.62 bits per heavy atom. The largest absolute Gasteiger partial charge is 0.458 e. The normalized spacial score (nSPS) is 45.0. The maximum atomic E-state index is 11.9. The van der Waals surface area contributed by atoms with Gasteiger partial charge in [0.1, 0.15) is 31.0 Å². The highest BCUT2D eigenvalue weighted by molar-refractivity contribution is 5.90. The van der Waals surface area contributed by atoms with Gasteiger partial charge in [0.25, 0.3) is 0 Å². The minimum Gasteiger partial charge on any atom is -0.458 e. The molecule has 0 spiro atoms. The van der Waals surface area contributed by atoms with E-state index in [1.807, 2.05) is 6.08 Å². The zero-order valence-corrected chi connectivity index (χ0v) is 20.3. The standard InChI is InChI=1S/C26H40O8/c1-15-5-8-19-25(2,14-33-24-22(30)21(29)20(28)18(13-27)34-24)10-4-11-26(19,3)17(15)7-6-16-9-12-32-23(16)31/h9,17-22,24,27-30H,1,4-8,10-14H2,2-3H3/t17-,18-,19-,20+,21+,22-,24-,25+,26+/m1/s1. The van der Waals surface area contributed by atoms with E-state index < -0.39 is 37.3 Å². The predicted octanol–water partition coefficient (Wildman–Crippen LogP) is 1.85.